The van der Waals surface area contributed by atoms with Crippen LogP contribution in [0.2, 0.25) is 0 Å². The zero-order valence-corrected chi connectivity index (χ0v) is 10.4. The number of aromatic nitrogens is 1. The number of hydrogen-bond acceptors (Lipinski definition) is 2. The van der Waals surface area contributed by atoms with E-state index >= 15 is 0 Å². The first kappa shape index (κ1) is 11.6. The lowest BCUT2D eigenvalue weighted by molar-refractivity contribution is 0.734. The molecule has 2 heteroatoms. The summed E-state index contributed by atoms with van der Waals surface area (Å²) in [6, 6.07) is 12.5. The fourth-order valence-corrected chi connectivity index (χ4v) is 1.89. The molecule has 0 saturated carbocycles. The Labute approximate surface area is 103 Å². The van der Waals surface area contributed by atoms with Gasteiger partial charge >= 0.3 is 0 Å². The zero-order valence-electron chi connectivity index (χ0n) is 10.4. The van der Waals surface area contributed by atoms with Crippen LogP contribution in [0, 0.1) is 0 Å². The van der Waals surface area contributed by atoms with Crippen LogP contribution in [0.15, 0.2) is 42.6 Å². The van der Waals surface area contributed by atoms with E-state index in [0.29, 0.717) is 11.7 Å². The van der Waals surface area contributed by atoms with Crippen molar-refractivity contribution in [1.29, 1.82) is 0 Å². The summed E-state index contributed by atoms with van der Waals surface area (Å²) in [5, 5.41) is 0. The van der Waals surface area contributed by atoms with E-state index in [-0.39, 0.29) is 0 Å². The summed E-state index contributed by atoms with van der Waals surface area (Å²) in [6.45, 7) is 4.45. The molecule has 1 atom stereocenters. The van der Waals surface area contributed by atoms with Gasteiger partial charge in [0.15, 0.2) is 0 Å². The largest absolute Gasteiger partial charge is 0.383 e. The summed E-state index contributed by atoms with van der Waals surface area (Å²) in [6.07, 6.45) is 2.88. The summed E-state index contributed by atoms with van der Waals surface area (Å²) in [5.41, 5.74) is 9.37. The topological polar surface area (TPSA) is 38.9 Å². The van der Waals surface area contributed by atoms with E-state index in [1.807, 2.05) is 12.1 Å². The average Bonchev–Trinajstić information content (AvgIpc) is 2.39. The Morgan fingerprint density at radius 2 is 1.88 bits per heavy atom. The number of benzene rings is 1. The standard InChI is InChI=1S/C15H18N2/c1-3-11(2)12-6-8-13(9-7-12)14-5-4-10-17-15(14)16/h4-11H,3H2,1-2H3,(H2,16,17)/t11-/m1/s1. The van der Waals surface area contributed by atoms with Crippen LogP contribution in [0.4, 0.5) is 5.82 Å². The van der Waals surface area contributed by atoms with Gasteiger partial charge in [-0.05, 0) is 35.6 Å². The lowest BCUT2D eigenvalue weighted by atomic mass is 9.96. The monoisotopic (exact) mass is 226 g/mol. The number of pyridine rings is 1. The molecule has 2 nitrogen and oxygen atoms in total. The summed E-state index contributed by atoms with van der Waals surface area (Å²) < 4.78 is 0. The Morgan fingerprint density at radius 3 is 2.47 bits per heavy atom. The minimum absolute atomic E-state index is 0.587. The van der Waals surface area contributed by atoms with Gasteiger partial charge in [-0.1, -0.05) is 38.1 Å². The van der Waals surface area contributed by atoms with Crippen LogP contribution >= 0.6 is 0 Å². The molecule has 0 aliphatic rings. The minimum Gasteiger partial charge on any atom is -0.383 e. The molecule has 0 spiro atoms. The molecule has 0 saturated heterocycles. The molecule has 0 radical (unpaired) electrons. The van der Waals surface area contributed by atoms with E-state index in [1.54, 1.807) is 6.20 Å². The minimum atomic E-state index is 0.587. The predicted octanol–water partition coefficient (Wildman–Crippen LogP) is 3.84. The maximum atomic E-state index is 5.87. The first-order chi connectivity index (χ1) is 8.22. The maximum Gasteiger partial charge on any atom is 0.131 e. The Hall–Kier alpha value is -1.83. The van der Waals surface area contributed by atoms with E-state index in [1.165, 1.54) is 5.56 Å². The van der Waals surface area contributed by atoms with E-state index in [2.05, 4.69) is 43.1 Å². The molecule has 1 heterocycles. The van der Waals surface area contributed by atoms with E-state index in [9.17, 15) is 0 Å². The van der Waals surface area contributed by atoms with Gasteiger partial charge in [-0.3, -0.25) is 0 Å². The molecule has 88 valence electrons. The van der Waals surface area contributed by atoms with Crippen LogP contribution in [-0.4, -0.2) is 4.98 Å². The van der Waals surface area contributed by atoms with Gasteiger partial charge in [0.25, 0.3) is 0 Å². The fraction of sp³-hybridized carbons (Fsp3) is 0.267. The SMILES string of the molecule is CC[C@@H](C)c1ccc(-c2cccnc2N)cc1. The van der Waals surface area contributed by atoms with Gasteiger partial charge in [0.1, 0.15) is 5.82 Å². The molecular weight excluding hydrogens is 208 g/mol. The lowest BCUT2D eigenvalue weighted by Gasteiger charge is -2.10. The highest BCUT2D eigenvalue weighted by Crippen LogP contribution is 2.26. The van der Waals surface area contributed by atoms with Crippen LogP contribution in [0.25, 0.3) is 11.1 Å². The number of hydrogen-bond donors (Lipinski definition) is 1. The number of anilines is 1. The molecule has 0 unspecified atom stereocenters. The van der Waals surface area contributed by atoms with E-state index in [4.69, 9.17) is 5.73 Å². The molecular formula is C15H18N2. The summed E-state index contributed by atoms with van der Waals surface area (Å²) in [4.78, 5) is 4.11. The predicted molar refractivity (Wildman–Crippen MR) is 72.8 cm³/mol. The van der Waals surface area contributed by atoms with Crippen LogP contribution < -0.4 is 5.73 Å². The van der Waals surface area contributed by atoms with Crippen LogP contribution in [0.1, 0.15) is 31.7 Å². The van der Waals surface area contributed by atoms with Crippen LogP contribution in [0.3, 0.4) is 0 Å². The maximum absolute atomic E-state index is 5.87. The highest BCUT2D eigenvalue weighted by molar-refractivity contribution is 5.73. The molecule has 2 rings (SSSR count). The molecule has 0 aliphatic carbocycles. The third kappa shape index (κ3) is 2.47. The van der Waals surface area contributed by atoms with Gasteiger partial charge in [-0.25, -0.2) is 4.98 Å². The smallest absolute Gasteiger partial charge is 0.131 e. The first-order valence-corrected chi connectivity index (χ1v) is 6.03. The van der Waals surface area contributed by atoms with Gasteiger partial charge < -0.3 is 5.73 Å². The average molecular weight is 226 g/mol. The molecule has 0 amide bonds. The van der Waals surface area contributed by atoms with Crippen molar-refractivity contribution in [1.82, 2.24) is 4.98 Å². The van der Waals surface area contributed by atoms with Gasteiger partial charge in [-0.2, -0.15) is 0 Å². The van der Waals surface area contributed by atoms with Crippen molar-refractivity contribution >= 4 is 5.82 Å². The number of nitrogens with zero attached hydrogens (tertiary/aromatic N) is 1. The van der Waals surface area contributed by atoms with Crippen molar-refractivity contribution in [3.63, 3.8) is 0 Å². The lowest BCUT2D eigenvalue weighted by Crippen LogP contribution is -1.94. The van der Waals surface area contributed by atoms with Crippen LogP contribution in [0.5, 0.6) is 0 Å². The van der Waals surface area contributed by atoms with E-state index < -0.39 is 0 Å². The number of rotatable bonds is 3. The molecule has 2 aromatic rings. The van der Waals surface area contributed by atoms with Gasteiger partial charge in [0.05, 0.1) is 0 Å². The molecule has 1 aromatic heterocycles. The molecule has 2 N–H and O–H groups in total. The third-order valence-electron chi connectivity index (χ3n) is 3.24. The molecule has 0 aliphatic heterocycles. The quantitative estimate of drug-likeness (QED) is 0.863. The Morgan fingerprint density at radius 1 is 1.18 bits per heavy atom. The van der Waals surface area contributed by atoms with Crippen LogP contribution in [-0.2, 0) is 0 Å². The highest BCUT2D eigenvalue weighted by Gasteiger charge is 2.05. The van der Waals surface area contributed by atoms with Crippen molar-refractivity contribution in [3.05, 3.63) is 48.2 Å². The molecule has 0 bridgehead atoms. The first-order valence-electron chi connectivity index (χ1n) is 6.03. The second-order valence-corrected chi connectivity index (χ2v) is 4.37. The van der Waals surface area contributed by atoms with Gasteiger partial charge in [0, 0.05) is 11.8 Å². The third-order valence-corrected chi connectivity index (χ3v) is 3.24. The highest BCUT2D eigenvalue weighted by atomic mass is 14.8. The van der Waals surface area contributed by atoms with E-state index in [0.717, 1.165) is 17.5 Å². The second kappa shape index (κ2) is 5.00. The Balaban J connectivity index is 2.33. The van der Waals surface area contributed by atoms with Gasteiger partial charge in [0.2, 0.25) is 0 Å². The molecule has 17 heavy (non-hydrogen) atoms. The van der Waals surface area contributed by atoms with Gasteiger partial charge in [-0.15, -0.1) is 0 Å². The fourth-order valence-electron chi connectivity index (χ4n) is 1.89. The summed E-state index contributed by atoms with van der Waals surface area (Å²) in [5.74, 6) is 1.19. The number of nitrogens with two attached hydrogens (primary N) is 1. The van der Waals surface area contributed by atoms with Crippen molar-refractivity contribution in [2.24, 2.45) is 0 Å². The molecule has 0 fully saturated rings. The molecule has 1 aromatic carbocycles. The van der Waals surface area contributed by atoms with Crippen molar-refractivity contribution < 1.29 is 0 Å². The zero-order chi connectivity index (χ0) is 12.3. The normalized spacial score (nSPS) is 12.4. The van der Waals surface area contributed by atoms with Crippen molar-refractivity contribution in [2.45, 2.75) is 26.2 Å². The summed E-state index contributed by atoms with van der Waals surface area (Å²) >= 11 is 0. The van der Waals surface area contributed by atoms with Crippen molar-refractivity contribution in [2.75, 3.05) is 5.73 Å². The second-order valence-electron chi connectivity index (χ2n) is 4.37. The Bertz CT molecular complexity index is 489. The van der Waals surface area contributed by atoms with Crippen molar-refractivity contribution in [3.8, 4) is 11.1 Å². The Kier molecular flexibility index (Phi) is 3.43. The summed E-state index contributed by atoms with van der Waals surface area (Å²) in [7, 11) is 0. The number of nitrogen functional groups attached to an aromatic ring is 1.